The van der Waals surface area contributed by atoms with Gasteiger partial charge in [-0.25, -0.2) is 0 Å². The van der Waals surface area contributed by atoms with E-state index in [1.54, 1.807) is 0 Å². The molecule has 0 aromatic heterocycles. The number of benzene rings is 1. The minimum absolute atomic E-state index is 0.103. The van der Waals surface area contributed by atoms with Gasteiger partial charge in [0.05, 0.1) is 18.0 Å². The second kappa shape index (κ2) is 4.57. The average Bonchev–Trinajstić information content (AvgIpc) is 3.00. The maximum Gasteiger partial charge on any atom is 0.232 e. The molecule has 20 heavy (non-hydrogen) atoms. The van der Waals surface area contributed by atoms with Gasteiger partial charge in [-0.3, -0.25) is 15.4 Å². The molecule has 4 heteroatoms. The minimum atomic E-state index is -0.424. The van der Waals surface area contributed by atoms with Crippen molar-refractivity contribution in [2.24, 2.45) is 5.41 Å². The summed E-state index contributed by atoms with van der Waals surface area (Å²) < 4.78 is 0. The van der Waals surface area contributed by atoms with Gasteiger partial charge in [-0.15, -0.1) is 0 Å². The molecule has 2 aliphatic rings. The lowest BCUT2D eigenvalue weighted by Crippen LogP contribution is -2.60. The molecular weight excluding hydrogens is 250 g/mol. The molecule has 1 aromatic carbocycles. The largest absolute Gasteiger partial charge is 0.332 e. The number of carbonyl (C=O) groups excluding carboxylic acids is 1. The summed E-state index contributed by atoms with van der Waals surface area (Å²) in [6.45, 7) is 8.75. The van der Waals surface area contributed by atoms with Crippen LogP contribution in [0.25, 0.3) is 0 Å². The van der Waals surface area contributed by atoms with Gasteiger partial charge in [0.15, 0.2) is 0 Å². The number of amides is 1. The number of nitrogens with one attached hydrogen (secondary N) is 2. The van der Waals surface area contributed by atoms with Crippen molar-refractivity contribution in [3.8, 4) is 0 Å². The van der Waals surface area contributed by atoms with E-state index >= 15 is 0 Å². The molecule has 2 heterocycles. The van der Waals surface area contributed by atoms with Crippen LogP contribution >= 0.6 is 0 Å². The molecule has 2 aliphatic heterocycles. The molecule has 4 nitrogen and oxygen atoms in total. The molecule has 108 valence electrons. The number of hydrogen-bond donors (Lipinski definition) is 2. The predicted molar refractivity (Wildman–Crippen MR) is 79.1 cm³/mol. The van der Waals surface area contributed by atoms with Crippen molar-refractivity contribution in [2.45, 2.75) is 32.5 Å². The first-order valence-corrected chi connectivity index (χ1v) is 7.34. The zero-order valence-corrected chi connectivity index (χ0v) is 12.4. The van der Waals surface area contributed by atoms with Crippen molar-refractivity contribution in [2.75, 3.05) is 19.6 Å². The zero-order valence-electron chi connectivity index (χ0n) is 12.4. The maximum atomic E-state index is 12.8. The lowest BCUT2D eigenvalue weighted by molar-refractivity contribution is -0.137. The number of hydrogen-bond acceptors (Lipinski definition) is 3. The normalized spacial score (nSPS) is 25.4. The van der Waals surface area contributed by atoms with E-state index in [0.717, 1.165) is 19.6 Å². The van der Waals surface area contributed by atoms with E-state index in [1.165, 1.54) is 5.56 Å². The Bertz CT molecular complexity index is 506. The highest BCUT2D eigenvalue weighted by Gasteiger charge is 2.60. The lowest BCUT2D eigenvalue weighted by Gasteiger charge is -2.35. The van der Waals surface area contributed by atoms with Gasteiger partial charge in [0.25, 0.3) is 0 Å². The summed E-state index contributed by atoms with van der Waals surface area (Å²) in [5, 5.41) is 7.03. The molecular formula is C16H23N3O. The Morgan fingerprint density at radius 1 is 1.15 bits per heavy atom. The van der Waals surface area contributed by atoms with Crippen molar-refractivity contribution in [3.63, 3.8) is 0 Å². The molecule has 2 fully saturated rings. The molecule has 0 radical (unpaired) electrons. The molecule has 1 aromatic rings. The summed E-state index contributed by atoms with van der Waals surface area (Å²) in [7, 11) is 0. The monoisotopic (exact) mass is 273 g/mol. The highest BCUT2D eigenvalue weighted by atomic mass is 16.2. The van der Waals surface area contributed by atoms with Gasteiger partial charge < -0.3 is 4.90 Å². The van der Waals surface area contributed by atoms with Crippen molar-refractivity contribution in [3.05, 3.63) is 35.9 Å². The van der Waals surface area contributed by atoms with Crippen LogP contribution in [0.15, 0.2) is 30.3 Å². The van der Waals surface area contributed by atoms with Crippen molar-refractivity contribution in [1.82, 2.24) is 15.5 Å². The minimum Gasteiger partial charge on any atom is -0.332 e. The Morgan fingerprint density at radius 2 is 1.75 bits per heavy atom. The third-order valence-electron chi connectivity index (χ3n) is 5.00. The molecule has 1 spiro atoms. The second-order valence-corrected chi connectivity index (χ2v) is 6.40. The fourth-order valence-corrected chi connectivity index (χ4v) is 3.46. The van der Waals surface area contributed by atoms with Gasteiger partial charge >= 0.3 is 0 Å². The molecule has 1 amide bonds. The van der Waals surface area contributed by atoms with Crippen molar-refractivity contribution >= 4 is 5.91 Å². The van der Waals surface area contributed by atoms with E-state index in [2.05, 4.69) is 29.7 Å². The summed E-state index contributed by atoms with van der Waals surface area (Å²) >= 11 is 0. The number of nitrogens with zero attached hydrogens (tertiary/aromatic N) is 1. The maximum absolute atomic E-state index is 12.8. The summed E-state index contributed by atoms with van der Waals surface area (Å²) in [6, 6.07) is 10.3. The summed E-state index contributed by atoms with van der Waals surface area (Å²) in [4.78, 5) is 14.8. The van der Waals surface area contributed by atoms with Crippen LogP contribution in [-0.2, 0) is 4.79 Å². The first-order chi connectivity index (χ1) is 9.48. The number of likely N-dealkylation sites (tertiary alicyclic amines) is 1. The van der Waals surface area contributed by atoms with E-state index in [-0.39, 0.29) is 17.6 Å². The van der Waals surface area contributed by atoms with E-state index in [9.17, 15) is 4.79 Å². The van der Waals surface area contributed by atoms with Gasteiger partial charge in [-0.05, 0) is 26.3 Å². The molecule has 0 saturated carbocycles. The van der Waals surface area contributed by atoms with Gasteiger partial charge in [0.1, 0.15) is 5.66 Å². The molecule has 0 aliphatic carbocycles. The van der Waals surface area contributed by atoms with Crippen molar-refractivity contribution < 1.29 is 4.79 Å². The molecule has 3 rings (SSSR count). The number of carbonyl (C=O) groups is 1. The number of rotatable bonds is 2. The van der Waals surface area contributed by atoms with Gasteiger partial charge in [-0.1, -0.05) is 30.3 Å². The van der Waals surface area contributed by atoms with Crippen LogP contribution in [0.2, 0.25) is 0 Å². The van der Waals surface area contributed by atoms with E-state index in [1.807, 2.05) is 36.9 Å². The topological polar surface area (TPSA) is 44.4 Å². The Labute approximate surface area is 120 Å². The van der Waals surface area contributed by atoms with Gasteiger partial charge in [0, 0.05) is 13.1 Å². The summed E-state index contributed by atoms with van der Waals surface area (Å²) in [5.74, 6) is 0.218. The Kier molecular flexibility index (Phi) is 3.10. The van der Waals surface area contributed by atoms with Crippen LogP contribution in [0.1, 0.15) is 32.4 Å². The van der Waals surface area contributed by atoms with Crippen LogP contribution in [0, 0.1) is 5.41 Å². The van der Waals surface area contributed by atoms with Crippen LogP contribution in [-0.4, -0.2) is 36.1 Å². The SMILES string of the molecule is C[C@H](c1ccccc1)N1CC2(NCCN2)C(C)(C)C1=O. The molecule has 2 N–H and O–H groups in total. The van der Waals surface area contributed by atoms with Crippen LogP contribution in [0.3, 0.4) is 0 Å². The first-order valence-electron chi connectivity index (χ1n) is 7.34. The highest BCUT2D eigenvalue weighted by Crippen LogP contribution is 2.42. The third-order valence-corrected chi connectivity index (χ3v) is 5.00. The van der Waals surface area contributed by atoms with Crippen LogP contribution in [0.5, 0.6) is 0 Å². The fourth-order valence-electron chi connectivity index (χ4n) is 3.46. The summed E-state index contributed by atoms with van der Waals surface area (Å²) in [5.41, 5.74) is 0.478. The summed E-state index contributed by atoms with van der Waals surface area (Å²) in [6.07, 6.45) is 0. The molecule has 1 atom stereocenters. The Morgan fingerprint density at radius 3 is 2.35 bits per heavy atom. The van der Waals surface area contributed by atoms with Gasteiger partial charge in [0.2, 0.25) is 5.91 Å². The standard InChI is InChI=1S/C16H23N3O/c1-12(13-7-5-4-6-8-13)19-11-16(17-9-10-18-16)15(2,3)14(19)20/h4-8,12,17-18H,9-11H2,1-3H3/t12-/m1/s1. The smallest absolute Gasteiger partial charge is 0.232 e. The highest BCUT2D eigenvalue weighted by molar-refractivity contribution is 5.87. The Balaban J connectivity index is 1.91. The second-order valence-electron chi connectivity index (χ2n) is 6.40. The average molecular weight is 273 g/mol. The van der Waals surface area contributed by atoms with Crippen LogP contribution in [0.4, 0.5) is 0 Å². The first kappa shape index (κ1) is 13.6. The molecule has 2 saturated heterocycles. The third kappa shape index (κ3) is 1.79. The molecule has 0 bridgehead atoms. The Hall–Kier alpha value is -1.39. The van der Waals surface area contributed by atoms with Gasteiger partial charge in [-0.2, -0.15) is 0 Å². The quantitative estimate of drug-likeness (QED) is 0.858. The van der Waals surface area contributed by atoms with Crippen LogP contribution < -0.4 is 10.6 Å². The van der Waals surface area contributed by atoms with E-state index < -0.39 is 5.41 Å². The van der Waals surface area contributed by atoms with E-state index in [4.69, 9.17) is 0 Å². The lowest BCUT2D eigenvalue weighted by atomic mass is 9.81. The zero-order chi connectivity index (χ0) is 14.4. The predicted octanol–water partition coefficient (Wildman–Crippen LogP) is 1.51. The fraction of sp³-hybridized carbons (Fsp3) is 0.562. The van der Waals surface area contributed by atoms with E-state index in [0.29, 0.717) is 0 Å². The molecule has 0 unspecified atom stereocenters. The van der Waals surface area contributed by atoms with Crippen molar-refractivity contribution in [1.29, 1.82) is 0 Å².